The minimum absolute atomic E-state index is 0.0759. The number of aromatic nitrogens is 4. The fourth-order valence-electron chi connectivity index (χ4n) is 2.86. The first kappa shape index (κ1) is 13.7. The monoisotopic (exact) mass is 285 g/mol. The van der Waals surface area contributed by atoms with Crippen LogP contribution in [-0.2, 0) is 13.5 Å². The van der Waals surface area contributed by atoms with Crippen molar-refractivity contribution in [3.8, 4) is 0 Å². The van der Waals surface area contributed by atoms with Crippen LogP contribution in [0.15, 0.2) is 31.0 Å². The third-order valence-corrected chi connectivity index (χ3v) is 3.87. The first-order chi connectivity index (χ1) is 10.2. The molecule has 0 radical (unpaired) electrons. The summed E-state index contributed by atoms with van der Waals surface area (Å²) in [4.78, 5) is 22.8. The van der Waals surface area contributed by atoms with Crippen LogP contribution in [0.1, 0.15) is 28.9 Å². The van der Waals surface area contributed by atoms with Gasteiger partial charge in [0.2, 0.25) is 0 Å². The second kappa shape index (κ2) is 6.03. The van der Waals surface area contributed by atoms with Gasteiger partial charge in [0.15, 0.2) is 0 Å². The van der Waals surface area contributed by atoms with Crippen LogP contribution in [0.3, 0.4) is 0 Å². The van der Waals surface area contributed by atoms with Crippen molar-refractivity contribution < 1.29 is 4.79 Å². The molecule has 0 N–H and O–H groups in total. The molecule has 2 aromatic heterocycles. The summed E-state index contributed by atoms with van der Waals surface area (Å²) in [5.41, 5.74) is 1.66. The SMILES string of the molecule is Cn1cc(C(=O)N2CCC[C@@H](Cc3cnccn3)C2)cn1. The quantitative estimate of drug-likeness (QED) is 0.853. The van der Waals surface area contributed by atoms with Crippen LogP contribution in [0.5, 0.6) is 0 Å². The van der Waals surface area contributed by atoms with Crippen molar-refractivity contribution in [3.05, 3.63) is 42.2 Å². The van der Waals surface area contributed by atoms with Crippen molar-refractivity contribution >= 4 is 5.91 Å². The standard InChI is InChI=1S/C15H19N5O/c1-19-11-13(8-18-19)15(21)20-6-2-3-12(10-20)7-14-9-16-4-5-17-14/h4-5,8-9,11-12H,2-3,6-7,10H2,1H3/t12-/m0/s1. The third-order valence-electron chi connectivity index (χ3n) is 3.87. The molecule has 1 saturated heterocycles. The number of piperidine rings is 1. The van der Waals surface area contributed by atoms with Crippen molar-refractivity contribution in [2.24, 2.45) is 13.0 Å². The first-order valence-electron chi connectivity index (χ1n) is 7.25. The summed E-state index contributed by atoms with van der Waals surface area (Å²) in [6.45, 7) is 1.61. The molecule has 0 spiro atoms. The number of carbonyl (C=O) groups is 1. The van der Waals surface area contributed by atoms with Gasteiger partial charge in [-0.2, -0.15) is 5.10 Å². The molecule has 1 aliphatic heterocycles. The van der Waals surface area contributed by atoms with E-state index in [1.807, 2.05) is 18.1 Å². The van der Waals surface area contributed by atoms with E-state index in [4.69, 9.17) is 0 Å². The Labute approximate surface area is 123 Å². The van der Waals surface area contributed by atoms with Crippen LogP contribution in [0.4, 0.5) is 0 Å². The Morgan fingerprint density at radius 1 is 1.38 bits per heavy atom. The second-order valence-corrected chi connectivity index (χ2v) is 5.56. The van der Waals surface area contributed by atoms with Crippen LogP contribution >= 0.6 is 0 Å². The molecule has 21 heavy (non-hydrogen) atoms. The Morgan fingerprint density at radius 3 is 3.00 bits per heavy atom. The van der Waals surface area contributed by atoms with E-state index in [-0.39, 0.29) is 5.91 Å². The number of amides is 1. The van der Waals surface area contributed by atoms with Gasteiger partial charge in [-0.15, -0.1) is 0 Å². The zero-order valence-corrected chi connectivity index (χ0v) is 12.1. The maximum atomic E-state index is 12.5. The maximum absolute atomic E-state index is 12.5. The Hall–Kier alpha value is -2.24. The van der Waals surface area contributed by atoms with E-state index in [0.717, 1.165) is 38.0 Å². The van der Waals surface area contributed by atoms with Crippen molar-refractivity contribution in [3.63, 3.8) is 0 Å². The van der Waals surface area contributed by atoms with Gasteiger partial charge in [0, 0.05) is 44.9 Å². The number of rotatable bonds is 3. The molecule has 0 aliphatic carbocycles. The predicted octanol–water partition coefficient (Wildman–Crippen LogP) is 1.30. The topological polar surface area (TPSA) is 63.9 Å². The summed E-state index contributed by atoms with van der Waals surface area (Å²) in [5.74, 6) is 0.531. The molecule has 0 saturated carbocycles. The molecule has 0 unspecified atom stereocenters. The molecule has 6 heteroatoms. The first-order valence-corrected chi connectivity index (χ1v) is 7.25. The number of hydrogen-bond donors (Lipinski definition) is 0. The minimum atomic E-state index is 0.0759. The highest BCUT2D eigenvalue weighted by Crippen LogP contribution is 2.21. The molecule has 6 nitrogen and oxygen atoms in total. The summed E-state index contributed by atoms with van der Waals surface area (Å²) in [7, 11) is 1.82. The average Bonchev–Trinajstić information content (AvgIpc) is 2.94. The lowest BCUT2D eigenvalue weighted by atomic mass is 9.93. The Bertz CT molecular complexity index is 610. The number of aryl methyl sites for hydroxylation is 1. The molecule has 1 fully saturated rings. The van der Waals surface area contributed by atoms with Crippen molar-refractivity contribution in [1.29, 1.82) is 0 Å². The predicted molar refractivity (Wildman–Crippen MR) is 77.6 cm³/mol. The van der Waals surface area contributed by atoms with Crippen LogP contribution in [-0.4, -0.2) is 43.6 Å². The molecule has 1 atom stereocenters. The van der Waals surface area contributed by atoms with Crippen molar-refractivity contribution in [2.75, 3.05) is 13.1 Å². The van der Waals surface area contributed by atoms with Crippen LogP contribution in [0, 0.1) is 5.92 Å². The zero-order valence-electron chi connectivity index (χ0n) is 12.1. The van der Waals surface area contributed by atoms with E-state index in [1.165, 1.54) is 0 Å². The summed E-state index contributed by atoms with van der Waals surface area (Å²) in [5, 5.41) is 4.07. The molecule has 110 valence electrons. The van der Waals surface area contributed by atoms with E-state index >= 15 is 0 Å². The molecular weight excluding hydrogens is 266 g/mol. The highest BCUT2D eigenvalue weighted by atomic mass is 16.2. The van der Waals surface area contributed by atoms with Crippen molar-refractivity contribution in [2.45, 2.75) is 19.3 Å². The van der Waals surface area contributed by atoms with Gasteiger partial charge in [-0.3, -0.25) is 19.4 Å². The molecule has 0 aromatic carbocycles. The third kappa shape index (κ3) is 3.26. The lowest BCUT2D eigenvalue weighted by Crippen LogP contribution is -2.40. The highest BCUT2D eigenvalue weighted by Gasteiger charge is 2.25. The molecule has 0 bridgehead atoms. The molecule has 1 amide bonds. The van der Waals surface area contributed by atoms with E-state index in [2.05, 4.69) is 15.1 Å². The number of likely N-dealkylation sites (tertiary alicyclic amines) is 1. The Morgan fingerprint density at radius 2 is 2.29 bits per heavy atom. The largest absolute Gasteiger partial charge is 0.338 e. The van der Waals surface area contributed by atoms with Gasteiger partial charge in [-0.25, -0.2) is 0 Å². The number of carbonyl (C=O) groups excluding carboxylic acids is 1. The van der Waals surface area contributed by atoms with Gasteiger partial charge in [0.25, 0.3) is 5.91 Å². The lowest BCUT2D eigenvalue weighted by molar-refractivity contribution is 0.0672. The number of hydrogen-bond acceptors (Lipinski definition) is 4. The van der Waals surface area contributed by atoms with Gasteiger partial charge < -0.3 is 4.90 Å². The van der Waals surface area contributed by atoms with Gasteiger partial charge in [-0.1, -0.05) is 0 Å². The smallest absolute Gasteiger partial charge is 0.257 e. The van der Waals surface area contributed by atoms with E-state index < -0.39 is 0 Å². The summed E-state index contributed by atoms with van der Waals surface area (Å²) in [6.07, 6.45) is 11.7. The molecular formula is C15H19N5O. The fraction of sp³-hybridized carbons (Fsp3) is 0.467. The normalized spacial score (nSPS) is 18.7. The van der Waals surface area contributed by atoms with Gasteiger partial charge in [0.05, 0.1) is 17.5 Å². The van der Waals surface area contributed by atoms with Gasteiger partial charge >= 0.3 is 0 Å². The Balaban J connectivity index is 1.64. The highest BCUT2D eigenvalue weighted by molar-refractivity contribution is 5.93. The van der Waals surface area contributed by atoms with E-state index in [0.29, 0.717) is 11.5 Å². The van der Waals surface area contributed by atoms with E-state index in [9.17, 15) is 4.79 Å². The molecule has 1 aliphatic rings. The van der Waals surface area contributed by atoms with Crippen LogP contribution in [0.25, 0.3) is 0 Å². The van der Waals surface area contributed by atoms with Crippen molar-refractivity contribution in [1.82, 2.24) is 24.6 Å². The van der Waals surface area contributed by atoms with Crippen LogP contribution < -0.4 is 0 Å². The Kier molecular flexibility index (Phi) is 3.94. The van der Waals surface area contributed by atoms with Gasteiger partial charge in [-0.05, 0) is 25.2 Å². The number of nitrogens with zero attached hydrogens (tertiary/aromatic N) is 5. The zero-order chi connectivity index (χ0) is 14.7. The summed E-state index contributed by atoms with van der Waals surface area (Å²) >= 11 is 0. The van der Waals surface area contributed by atoms with Crippen LogP contribution in [0.2, 0.25) is 0 Å². The second-order valence-electron chi connectivity index (χ2n) is 5.56. The lowest BCUT2D eigenvalue weighted by Gasteiger charge is -2.32. The average molecular weight is 285 g/mol. The molecule has 2 aromatic rings. The minimum Gasteiger partial charge on any atom is -0.338 e. The summed E-state index contributed by atoms with van der Waals surface area (Å²) < 4.78 is 1.66. The molecule has 3 rings (SSSR count). The fourth-order valence-corrected chi connectivity index (χ4v) is 2.86. The summed E-state index contributed by atoms with van der Waals surface area (Å²) in [6, 6.07) is 0. The van der Waals surface area contributed by atoms with Gasteiger partial charge in [0.1, 0.15) is 0 Å². The maximum Gasteiger partial charge on any atom is 0.257 e. The molecule has 3 heterocycles. The van der Waals surface area contributed by atoms with E-state index in [1.54, 1.807) is 29.5 Å².